The number of carboxylic acid groups (broad SMARTS) is 1. The monoisotopic (exact) mass is 261 g/mol. The number of halogens is 1. The van der Waals surface area contributed by atoms with Crippen molar-refractivity contribution in [3.8, 4) is 0 Å². The Bertz CT molecular complexity index is 344. The quantitative estimate of drug-likeness (QED) is 0.729. The minimum absolute atomic E-state index is 0.287. The summed E-state index contributed by atoms with van der Waals surface area (Å²) in [6.07, 6.45) is -0.496. The number of carboxylic acids is 1. The van der Waals surface area contributed by atoms with Crippen molar-refractivity contribution in [3.05, 3.63) is 28.5 Å². The number of aromatic nitrogens is 1. The second-order valence-corrected chi connectivity index (χ2v) is 3.48. The highest BCUT2D eigenvalue weighted by Crippen LogP contribution is 2.24. The standard InChI is InChI=1S/C8H8BrNO4/c9-5-3-10-2-1-4(5)6(11)7(12)8(13)14/h1-3,6-7,11-12H,(H,13,14). The van der Waals surface area contributed by atoms with Crippen molar-refractivity contribution in [2.75, 3.05) is 0 Å². The molecule has 0 saturated carbocycles. The van der Waals surface area contributed by atoms with Gasteiger partial charge >= 0.3 is 5.97 Å². The molecule has 0 radical (unpaired) electrons. The summed E-state index contributed by atoms with van der Waals surface area (Å²) in [5.41, 5.74) is 0.287. The lowest BCUT2D eigenvalue weighted by Crippen LogP contribution is -2.27. The Hall–Kier alpha value is -0.980. The first-order chi connectivity index (χ1) is 6.54. The first-order valence-corrected chi connectivity index (χ1v) is 4.51. The SMILES string of the molecule is O=C(O)C(O)C(O)c1ccncc1Br. The van der Waals surface area contributed by atoms with Crippen LogP contribution >= 0.6 is 15.9 Å². The van der Waals surface area contributed by atoms with E-state index in [0.717, 1.165) is 0 Å². The van der Waals surface area contributed by atoms with Crippen LogP contribution in [0.5, 0.6) is 0 Å². The molecule has 0 aliphatic carbocycles. The number of hydrogen-bond acceptors (Lipinski definition) is 4. The van der Waals surface area contributed by atoms with Gasteiger partial charge in [0.25, 0.3) is 0 Å². The maximum absolute atomic E-state index is 10.4. The average molecular weight is 262 g/mol. The van der Waals surface area contributed by atoms with E-state index >= 15 is 0 Å². The minimum atomic E-state index is -1.84. The molecule has 6 heteroatoms. The number of aliphatic hydroxyl groups excluding tert-OH is 2. The van der Waals surface area contributed by atoms with E-state index in [-0.39, 0.29) is 5.56 Å². The molecule has 2 atom stereocenters. The van der Waals surface area contributed by atoms with Crippen molar-refractivity contribution in [2.45, 2.75) is 12.2 Å². The summed E-state index contributed by atoms with van der Waals surface area (Å²) in [7, 11) is 0. The van der Waals surface area contributed by atoms with E-state index in [4.69, 9.17) is 10.2 Å². The molecule has 0 aromatic carbocycles. The fourth-order valence-corrected chi connectivity index (χ4v) is 1.42. The van der Waals surface area contributed by atoms with Crippen LogP contribution in [0, 0.1) is 0 Å². The van der Waals surface area contributed by atoms with Crippen LogP contribution in [0.4, 0.5) is 0 Å². The number of carbonyl (C=O) groups is 1. The van der Waals surface area contributed by atoms with Crippen molar-refractivity contribution < 1.29 is 20.1 Å². The number of aliphatic carboxylic acids is 1. The van der Waals surface area contributed by atoms with Gasteiger partial charge in [-0.1, -0.05) is 0 Å². The summed E-state index contributed by atoms with van der Waals surface area (Å²) >= 11 is 3.09. The lowest BCUT2D eigenvalue weighted by Gasteiger charge is -2.15. The molecular weight excluding hydrogens is 254 g/mol. The Balaban J connectivity index is 2.94. The average Bonchev–Trinajstić information content (AvgIpc) is 2.16. The van der Waals surface area contributed by atoms with Gasteiger partial charge in [0.1, 0.15) is 6.10 Å². The molecule has 1 heterocycles. The van der Waals surface area contributed by atoms with E-state index in [0.29, 0.717) is 4.47 Å². The summed E-state index contributed by atoms with van der Waals surface area (Å²) in [5, 5.41) is 27.0. The smallest absolute Gasteiger partial charge is 0.335 e. The lowest BCUT2D eigenvalue weighted by atomic mass is 10.1. The van der Waals surface area contributed by atoms with Gasteiger partial charge in [0.15, 0.2) is 6.10 Å². The number of aliphatic hydroxyl groups is 2. The van der Waals surface area contributed by atoms with Gasteiger partial charge in [-0.05, 0) is 22.0 Å². The molecule has 14 heavy (non-hydrogen) atoms. The molecule has 0 amide bonds. The predicted molar refractivity (Wildman–Crippen MR) is 50.5 cm³/mol. The number of hydrogen-bond donors (Lipinski definition) is 3. The zero-order chi connectivity index (χ0) is 10.7. The maximum atomic E-state index is 10.4. The minimum Gasteiger partial charge on any atom is -0.479 e. The first-order valence-electron chi connectivity index (χ1n) is 3.72. The Morgan fingerprint density at radius 3 is 2.64 bits per heavy atom. The van der Waals surface area contributed by atoms with Gasteiger partial charge in [-0.2, -0.15) is 0 Å². The van der Waals surface area contributed by atoms with E-state index in [2.05, 4.69) is 20.9 Å². The topological polar surface area (TPSA) is 90.7 Å². The zero-order valence-electron chi connectivity index (χ0n) is 6.96. The third-order valence-corrected chi connectivity index (χ3v) is 2.34. The van der Waals surface area contributed by atoms with Gasteiger partial charge in [0.05, 0.1) is 0 Å². The Morgan fingerprint density at radius 2 is 2.14 bits per heavy atom. The molecule has 0 aliphatic heterocycles. The van der Waals surface area contributed by atoms with Crippen molar-refractivity contribution in [1.29, 1.82) is 0 Å². The number of pyridine rings is 1. The summed E-state index contributed by atoms with van der Waals surface area (Å²) in [4.78, 5) is 14.1. The van der Waals surface area contributed by atoms with Gasteiger partial charge in [-0.15, -0.1) is 0 Å². The van der Waals surface area contributed by atoms with E-state index in [9.17, 15) is 9.90 Å². The van der Waals surface area contributed by atoms with Crippen LogP contribution in [-0.2, 0) is 4.79 Å². The van der Waals surface area contributed by atoms with E-state index in [1.807, 2.05) is 0 Å². The summed E-state index contributed by atoms with van der Waals surface area (Å²) in [6, 6.07) is 1.43. The van der Waals surface area contributed by atoms with Crippen molar-refractivity contribution in [1.82, 2.24) is 4.98 Å². The van der Waals surface area contributed by atoms with Crippen molar-refractivity contribution in [2.24, 2.45) is 0 Å². The Kier molecular flexibility index (Phi) is 3.56. The number of nitrogens with zero attached hydrogens (tertiary/aromatic N) is 1. The third kappa shape index (κ3) is 2.28. The molecule has 0 fully saturated rings. The summed E-state index contributed by atoms with van der Waals surface area (Å²) in [6.45, 7) is 0. The molecule has 2 unspecified atom stereocenters. The van der Waals surface area contributed by atoms with Gasteiger partial charge in [-0.3, -0.25) is 4.98 Å². The molecule has 1 aromatic heterocycles. The Labute approximate surface area is 88.2 Å². The summed E-state index contributed by atoms with van der Waals surface area (Å²) in [5.74, 6) is -1.47. The van der Waals surface area contributed by atoms with Crippen LogP contribution in [0.1, 0.15) is 11.7 Å². The molecule has 0 bridgehead atoms. The highest BCUT2D eigenvalue weighted by atomic mass is 79.9. The zero-order valence-corrected chi connectivity index (χ0v) is 8.55. The van der Waals surface area contributed by atoms with Gasteiger partial charge in [-0.25, -0.2) is 4.79 Å². The van der Waals surface area contributed by atoms with Crippen LogP contribution in [0.2, 0.25) is 0 Å². The molecule has 3 N–H and O–H groups in total. The first kappa shape index (κ1) is 11.1. The van der Waals surface area contributed by atoms with E-state index in [1.165, 1.54) is 18.5 Å². The predicted octanol–water partition coefficient (Wildman–Crippen LogP) is 0.323. The van der Waals surface area contributed by atoms with Crippen LogP contribution in [0.25, 0.3) is 0 Å². The number of rotatable bonds is 3. The Morgan fingerprint density at radius 1 is 1.50 bits per heavy atom. The van der Waals surface area contributed by atoms with Crippen LogP contribution < -0.4 is 0 Å². The largest absolute Gasteiger partial charge is 0.479 e. The maximum Gasteiger partial charge on any atom is 0.335 e. The molecule has 1 rings (SSSR count). The van der Waals surface area contributed by atoms with E-state index < -0.39 is 18.2 Å². The molecule has 1 aromatic rings. The molecule has 0 aliphatic rings. The normalized spacial score (nSPS) is 14.8. The van der Waals surface area contributed by atoms with Crippen molar-refractivity contribution in [3.63, 3.8) is 0 Å². The highest BCUT2D eigenvalue weighted by Gasteiger charge is 2.26. The lowest BCUT2D eigenvalue weighted by molar-refractivity contribution is -0.153. The van der Waals surface area contributed by atoms with Gasteiger partial charge in [0, 0.05) is 22.4 Å². The molecule has 5 nitrogen and oxygen atoms in total. The third-order valence-electron chi connectivity index (χ3n) is 1.67. The van der Waals surface area contributed by atoms with E-state index in [1.54, 1.807) is 0 Å². The van der Waals surface area contributed by atoms with Crippen molar-refractivity contribution >= 4 is 21.9 Å². The molecule has 0 saturated heterocycles. The second-order valence-electron chi connectivity index (χ2n) is 2.63. The second kappa shape index (κ2) is 4.50. The van der Waals surface area contributed by atoms with Crippen LogP contribution in [-0.4, -0.2) is 32.4 Å². The van der Waals surface area contributed by atoms with Crippen LogP contribution in [0.3, 0.4) is 0 Å². The van der Waals surface area contributed by atoms with Gasteiger partial charge in [0.2, 0.25) is 0 Å². The van der Waals surface area contributed by atoms with Crippen LogP contribution in [0.15, 0.2) is 22.9 Å². The molecular formula is C8H8BrNO4. The highest BCUT2D eigenvalue weighted by molar-refractivity contribution is 9.10. The summed E-state index contributed by atoms with van der Waals surface area (Å²) < 4.78 is 0.452. The molecule has 0 spiro atoms. The van der Waals surface area contributed by atoms with Gasteiger partial charge < -0.3 is 15.3 Å². The fourth-order valence-electron chi connectivity index (χ4n) is 0.931. The molecule has 76 valence electrons. The fraction of sp³-hybridized carbons (Fsp3) is 0.250.